The minimum atomic E-state index is -0.423. The fourth-order valence-corrected chi connectivity index (χ4v) is 1.85. The molecule has 6 heteroatoms. The molecule has 2 rings (SSSR count). The van der Waals surface area contributed by atoms with Gasteiger partial charge in [0.25, 0.3) is 5.69 Å². The smallest absolute Gasteiger partial charge is 0.269 e. The van der Waals surface area contributed by atoms with E-state index in [2.05, 4.69) is 10.6 Å². The first-order chi connectivity index (χ1) is 9.65. The van der Waals surface area contributed by atoms with E-state index in [0.29, 0.717) is 18.9 Å². The molecule has 1 aliphatic rings. The number of carbonyl (C=O) groups excluding carboxylic acids is 1. The Balaban J connectivity index is 1.59. The van der Waals surface area contributed by atoms with Gasteiger partial charge in [0, 0.05) is 37.3 Å². The minimum Gasteiger partial charge on any atom is -0.385 e. The van der Waals surface area contributed by atoms with E-state index in [1.807, 2.05) is 0 Å². The molecule has 108 valence electrons. The fraction of sp³-hybridized carbons (Fsp3) is 0.500. The molecule has 0 bridgehead atoms. The molecule has 0 unspecified atom stereocenters. The van der Waals surface area contributed by atoms with Crippen LogP contribution in [0.3, 0.4) is 0 Å². The highest BCUT2D eigenvalue weighted by atomic mass is 16.6. The molecule has 0 saturated heterocycles. The van der Waals surface area contributed by atoms with Crippen molar-refractivity contribution in [1.29, 1.82) is 0 Å². The number of hydrogen-bond donors (Lipinski definition) is 2. The molecule has 0 spiro atoms. The number of rotatable bonds is 8. The van der Waals surface area contributed by atoms with Gasteiger partial charge in [-0.05, 0) is 37.3 Å². The van der Waals surface area contributed by atoms with Gasteiger partial charge < -0.3 is 10.6 Å². The van der Waals surface area contributed by atoms with E-state index in [4.69, 9.17) is 0 Å². The lowest BCUT2D eigenvalue weighted by molar-refractivity contribution is -0.384. The highest BCUT2D eigenvalue weighted by Gasteiger charge is 2.21. The van der Waals surface area contributed by atoms with Crippen LogP contribution >= 0.6 is 0 Å². The first kappa shape index (κ1) is 14.3. The number of carbonyl (C=O) groups is 1. The molecule has 0 aliphatic heterocycles. The van der Waals surface area contributed by atoms with E-state index in [1.54, 1.807) is 12.1 Å². The number of benzene rings is 1. The fourth-order valence-electron chi connectivity index (χ4n) is 1.85. The van der Waals surface area contributed by atoms with Crippen LogP contribution in [0.1, 0.15) is 25.7 Å². The van der Waals surface area contributed by atoms with Gasteiger partial charge in [-0.3, -0.25) is 14.9 Å². The summed E-state index contributed by atoms with van der Waals surface area (Å²) in [7, 11) is 0. The Morgan fingerprint density at radius 2 is 2.00 bits per heavy atom. The number of non-ortho nitro benzene ring substituents is 1. The molecule has 0 aromatic heterocycles. The Bertz CT molecular complexity index is 469. The van der Waals surface area contributed by atoms with E-state index in [-0.39, 0.29) is 11.6 Å². The maximum atomic E-state index is 11.5. The highest BCUT2D eigenvalue weighted by molar-refractivity contribution is 5.75. The lowest BCUT2D eigenvalue weighted by Crippen LogP contribution is -2.25. The van der Waals surface area contributed by atoms with Crippen LogP contribution in [0.5, 0.6) is 0 Å². The van der Waals surface area contributed by atoms with Crippen LogP contribution in [-0.2, 0) is 4.79 Å². The molecule has 1 saturated carbocycles. The zero-order valence-corrected chi connectivity index (χ0v) is 11.3. The van der Waals surface area contributed by atoms with Gasteiger partial charge in [0.15, 0.2) is 0 Å². The first-order valence-electron chi connectivity index (χ1n) is 6.90. The lowest BCUT2D eigenvalue weighted by Gasteiger charge is -2.06. The molecule has 20 heavy (non-hydrogen) atoms. The minimum absolute atomic E-state index is 0.0787. The zero-order chi connectivity index (χ0) is 14.4. The molecule has 1 aromatic rings. The van der Waals surface area contributed by atoms with Crippen molar-refractivity contribution in [2.75, 3.05) is 18.4 Å². The number of nitrogens with one attached hydrogen (secondary N) is 2. The predicted molar refractivity (Wildman–Crippen MR) is 76.6 cm³/mol. The van der Waals surface area contributed by atoms with Gasteiger partial charge in [-0.1, -0.05) is 0 Å². The van der Waals surface area contributed by atoms with Crippen molar-refractivity contribution < 1.29 is 9.72 Å². The van der Waals surface area contributed by atoms with E-state index < -0.39 is 4.92 Å². The second kappa shape index (κ2) is 6.88. The van der Waals surface area contributed by atoms with Crippen molar-refractivity contribution in [3.63, 3.8) is 0 Å². The molecule has 0 heterocycles. The Labute approximate surface area is 117 Å². The number of nitro groups is 1. The van der Waals surface area contributed by atoms with Crippen molar-refractivity contribution in [2.45, 2.75) is 25.7 Å². The number of nitro benzene ring substituents is 1. The Morgan fingerprint density at radius 3 is 2.60 bits per heavy atom. The average Bonchev–Trinajstić information content (AvgIpc) is 3.26. The van der Waals surface area contributed by atoms with Crippen molar-refractivity contribution in [1.82, 2.24) is 5.32 Å². The summed E-state index contributed by atoms with van der Waals surface area (Å²) in [6.07, 6.45) is 3.73. The van der Waals surface area contributed by atoms with E-state index >= 15 is 0 Å². The summed E-state index contributed by atoms with van der Waals surface area (Å²) in [5.41, 5.74) is 0.906. The normalized spacial score (nSPS) is 13.8. The van der Waals surface area contributed by atoms with Gasteiger partial charge in [0.2, 0.25) is 5.91 Å². The number of nitrogens with zero attached hydrogens (tertiary/aromatic N) is 1. The summed E-state index contributed by atoms with van der Waals surface area (Å²) in [5, 5.41) is 16.6. The van der Waals surface area contributed by atoms with Crippen molar-refractivity contribution in [2.24, 2.45) is 5.92 Å². The van der Waals surface area contributed by atoms with E-state index in [1.165, 1.54) is 25.0 Å². The molecule has 2 N–H and O–H groups in total. The van der Waals surface area contributed by atoms with Gasteiger partial charge in [0.1, 0.15) is 0 Å². The molecule has 6 nitrogen and oxygen atoms in total. The number of amides is 1. The van der Waals surface area contributed by atoms with Crippen molar-refractivity contribution in [3.8, 4) is 0 Å². The largest absolute Gasteiger partial charge is 0.385 e. The van der Waals surface area contributed by atoms with Crippen LogP contribution < -0.4 is 10.6 Å². The zero-order valence-electron chi connectivity index (χ0n) is 11.3. The van der Waals surface area contributed by atoms with Crippen LogP contribution in [0.25, 0.3) is 0 Å². The molecular weight excluding hydrogens is 258 g/mol. The third-order valence-electron chi connectivity index (χ3n) is 3.27. The summed E-state index contributed by atoms with van der Waals surface area (Å²) in [4.78, 5) is 21.6. The number of hydrogen-bond acceptors (Lipinski definition) is 4. The van der Waals surface area contributed by atoms with Crippen LogP contribution in [-0.4, -0.2) is 23.9 Å². The Hall–Kier alpha value is -2.11. The quantitative estimate of drug-likeness (QED) is 0.434. The molecular formula is C14H19N3O3. The van der Waals surface area contributed by atoms with E-state index in [9.17, 15) is 14.9 Å². The predicted octanol–water partition coefficient (Wildman–Crippen LogP) is 2.31. The molecule has 1 amide bonds. The second-order valence-corrected chi connectivity index (χ2v) is 5.08. The van der Waals surface area contributed by atoms with Crippen LogP contribution in [0.2, 0.25) is 0 Å². The SMILES string of the molecule is O=C(CCCNc1ccc([N+](=O)[O-])cc1)NCC1CC1. The summed E-state index contributed by atoms with van der Waals surface area (Å²) in [6, 6.07) is 6.27. The van der Waals surface area contributed by atoms with Crippen molar-refractivity contribution >= 4 is 17.3 Å². The van der Waals surface area contributed by atoms with Gasteiger partial charge in [-0.15, -0.1) is 0 Å². The van der Waals surface area contributed by atoms with Gasteiger partial charge in [0.05, 0.1) is 4.92 Å². The average molecular weight is 277 g/mol. The Morgan fingerprint density at radius 1 is 1.30 bits per heavy atom. The lowest BCUT2D eigenvalue weighted by atomic mass is 10.2. The molecule has 0 radical (unpaired) electrons. The first-order valence-corrected chi connectivity index (χ1v) is 6.90. The molecule has 0 atom stereocenters. The summed E-state index contributed by atoms with van der Waals surface area (Å²) >= 11 is 0. The monoisotopic (exact) mass is 277 g/mol. The molecule has 1 aliphatic carbocycles. The second-order valence-electron chi connectivity index (χ2n) is 5.08. The third kappa shape index (κ3) is 4.87. The summed E-state index contributed by atoms with van der Waals surface area (Å²) in [6.45, 7) is 1.49. The standard InChI is InChI=1S/C14H19N3O3/c18-14(16-10-11-3-4-11)2-1-9-15-12-5-7-13(8-6-12)17(19)20/h5-8,11,15H,1-4,9-10H2,(H,16,18). The van der Waals surface area contributed by atoms with E-state index in [0.717, 1.165) is 18.7 Å². The highest BCUT2D eigenvalue weighted by Crippen LogP contribution is 2.27. The topological polar surface area (TPSA) is 84.3 Å². The van der Waals surface area contributed by atoms with Crippen LogP contribution in [0.15, 0.2) is 24.3 Å². The van der Waals surface area contributed by atoms with Gasteiger partial charge >= 0.3 is 0 Å². The van der Waals surface area contributed by atoms with Gasteiger partial charge in [-0.25, -0.2) is 0 Å². The number of anilines is 1. The summed E-state index contributed by atoms with van der Waals surface area (Å²) in [5.74, 6) is 0.805. The summed E-state index contributed by atoms with van der Waals surface area (Å²) < 4.78 is 0. The Kier molecular flexibility index (Phi) is 4.92. The third-order valence-corrected chi connectivity index (χ3v) is 3.27. The van der Waals surface area contributed by atoms with Crippen LogP contribution in [0, 0.1) is 16.0 Å². The molecule has 1 fully saturated rings. The molecule has 1 aromatic carbocycles. The van der Waals surface area contributed by atoms with Gasteiger partial charge in [-0.2, -0.15) is 0 Å². The maximum absolute atomic E-state index is 11.5. The van der Waals surface area contributed by atoms with Crippen LogP contribution in [0.4, 0.5) is 11.4 Å². The van der Waals surface area contributed by atoms with Crippen molar-refractivity contribution in [3.05, 3.63) is 34.4 Å². The maximum Gasteiger partial charge on any atom is 0.269 e.